The van der Waals surface area contributed by atoms with E-state index in [1.807, 2.05) is 13.0 Å². The molecule has 0 aliphatic carbocycles. The molecule has 1 saturated heterocycles. The molecule has 2 nitrogen and oxygen atoms in total. The van der Waals surface area contributed by atoms with Crippen LogP contribution in [0.3, 0.4) is 0 Å². The minimum Gasteiger partial charge on any atom is -0.387 e. The Morgan fingerprint density at radius 2 is 2.40 bits per heavy atom. The molecular formula is C12H15FO2. The van der Waals surface area contributed by atoms with Crippen LogP contribution in [0.4, 0.5) is 4.39 Å². The lowest BCUT2D eigenvalue weighted by atomic mass is 9.89. The molecule has 1 aliphatic heterocycles. The van der Waals surface area contributed by atoms with Crippen molar-refractivity contribution in [3.63, 3.8) is 0 Å². The highest BCUT2D eigenvalue weighted by atomic mass is 19.1. The third kappa shape index (κ3) is 2.19. The molecule has 15 heavy (non-hydrogen) atoms. The van der Waals surface area contributed by atoms with Crippen molar-refractivity contribution in [1.29, 1.82) is 0 Å². The second kappa shape index (κ2) is 3.91. The molecule has 0 saturated carbocycles. The van der Waals surface area contributed by atoms with Crippen LogP contribution < -0.4 is 0 Å². The van der Waals surface area contributed by atoms with Gasteiger partial charge in [0.25, 0.3) is 0 Å². The van der Waals surface area contributed by atoms with Gasteiger partial charge >= 0.3 is 0 Å². The number of hydrogen-bond acceptors (Lipinski definition) is 2. The van der Waals surface area contributed by atoms with Crippen LogP contribution in [-0.2, 0) is 11.2 Å². The summed E-state index contributed by atoms with van der Waals surface area (Å²) in [5, 5.41) is 10.3. The number of rotatable bonds is 2. The quantitative estimate of drug-likeness (QED) is 0.808. The van der Waals surface area contributed by atoms with Gasteiger partial charge in [-0.2, -0.15) is 0 Å². The minimum absolute atomic E-state index is 0.180. The van der Waals surface area contributed by atoms with Gasteiger partial charge in [-0.3, -0.25) is 0 Å². The highest BCUT2D eigenvalue weighted by Crippen LogP contribution is 2.29. The lowest BCUT2D eigenvalue weighted by Crippen LogP contribution is -2.38. The molecule has 0 bridgehead atoms. The summed E-state index contributed by atoms with van der Waals surface area (Å²) in [6.07, 6.45) is 0.886. The summed E-state index contributed by atoms with van der Waals surface area (Å²) in [7, 11) is 0. The zero-order chi connectivity index (χ0) is 10.9. The maximum absolute atomic E-state index is 13.0. The van der Waals surface area contributed by atoms with E-state index >= 15 is 0 Å². The molecule has 1 heterocycles. The monoisotopic (exact) mass is 210 g/mol. The van der Waals surface area contributed by atoms with E-state index in [1.54, 1.807) is 6.07 Å². The van der Waals surface area contributed by atoms with Crippen LogP contribution in [0, 0.1) is 5.82 Å². The Morgan fingerprint density at radius 1 is 1.60 bits per heavy atom. The fourth-order valence-corrected chi connectivity index (χ4v) is 2.00. The fraction of sp³-hybridized carbons (Fsp3) is 0.500. The van der Waals surface area contributed by atoms with Gasteiger partial charge in [0.15, 0.2) is 0 Å². The van der Waals surface area contributed by atoms with Crippen molar-refractivity contribution >= 4 is 0 Å². The average Bonchev–Trinajstić information content (AvgIpc) is 2.47. The highest BCUT2D eigenvalue weighted by Gasteiger charge is 2.39. The Hall–Kier alpha value is -0.930. The first-order chi connectivity index (χ1) is 7.10. The molecule has 2 unspecified atom stereocenters. The summed E-state index contributed by atoms with van der Waals surface area (Å²) in [5.74, 6) is -0.261. The van der Waals surface area contributed by atoms with Crippen molar-refractivity contribution in [2.75, 3.05) is 6.61 Å². The van der Waals surface area contributed by atoms with Crippen molar-refractivity contribution in [1.82, 2.24) is 0 Å². The van der Waals surface area contributed by atoms with Crippen LogP contribution in [0.15, 0.2) is 24.3 Å². The van der Waals surface area contributed by atoms with E-state index in [4.69, 9.17) is 4.74 Å². The van der Waals surface area contributed by atoms with Gasteiger partial charge in [-0.15, -0.1) is 0 Å². The first kappa shape index (κ1) is 10.6. The van der Waals surface area contributed by atoms with Gasteiger partial charge in [0, 0.05) is 19.4 Å². The van der Waals surface area contributed by atoms with Gasteiger partial charge in [0.2, 0.25) is 0 Å². The van der Waals surface area contributed by atoms with Gasteiger partial charge in [-0.05, 0) is 24.6 Å². The summed E-state index contributed by atoms with van der Waals surface area (Å²) in [5.41, 5.74) is -0.0248. The Kier molecular flexibility index (Phi) is 2.76. The Bertz CT molecular complexity index is 353. The predicted octanol–water partition coefficient (Wildman–Crippen LogP) is 1.91. The number of hydrogen-bond donors (Lipinski definition) is 1. The number of halogens is 1. The third-order valence-electron chi connectivity index (χ3n) is 3.06. The lowest BCUT2D eigenvalue weighted by molar-refractivity contribution is -0.0269. The Balaban J connectivity index is 2.14. The molecule has 1 fully saturated rings. The van der Waals surface area contributed by atoms with Gasteiger partial charge in [0.1, 0.15) is 5.82 Å². The van der Waals surface area contributed by atoms with E-state index in [9.17, 15) is 9.50 Å². The van der Waals surface area contributed by atoms with E-state index in [2.05, 4.69) is 0 Å². The molecule has 1 aliphatic rings. The molecule has 0 amide bonds. The Morgan fingerprint density at radius 3 is 3.00 bits per heavy atom. The molecule has 0 spiro atoms. The van der Waals surface area contributed by atoms with E-state index in [0.717, 1.165) is 5.56 Å². The zero-order valence-corrected chi connectivity index (χ0v) is 8.74. The number of benzene rings is 1. The number of ether oxygens (including phenoxy) is 1. The SMILES string of the molecule is CC1OCCC1(O)Cc1cccc(F)c1. The summed E-state index contributed by atoms with van der Waals surface area (Å²) in [6, 6.07) is 6.35. The summed E-state index contributed by atoms with van der Waals surface area (Å²) >= 11 is 0. The molecule has 1 aromatic rings. The standard InChI is InChI=1S/C12H15FO2/c1-9-12(14,5-6-15-9)8-10-3-2-4-11(13)7-10/h2-4,7,9,14H,5-6,8H2,1H3. The molecule has 3 heteroatoms. The smallest absolute Gasteiger partial charge is 0.123 e. The molecule has 2 atom stereocenters. The maximum Gasteiger partial charge on any atom is 0.123 e. The van der Waals surface area contributed by atoms with Crippen LogP contribution in [-0.4, -0.2) is 23.4 Å². The molecule has 1 N–H and O–H groups in total. The largest absolute Gasteiger partial charge is 0.387 e. The Labute approximate surface area is 88.7 Å². The van der Waals surface area contributed by atoms with E-state index in [1.165, 1.54) is 12.1 Å². The highest BCUT2D eigenvalue weighted by molar-refractivity contribution is 5.19. The van der Waals surface area contributed by atoms with Crippen LogP contribution in [0.25, 0.3) is 0 Å². The second-order valence-corrected chi connectivity index (χ2v) is 4.17. The first-order valence-electron chi connectivity index (χ1n) is 5.19. The van der Waals surface area contributed by atoms with Gasteiger partial charge < -0.3 is 9.84 Å². The molecule has 2 rings (SSSR count). The summed E-state index contributed by atoms with van der Waals surface area (Å²) in [4.78, 5) is 0. The van der Waals surface area contributed by atoms with Crippen molar-refractivity contribution in [2.24, 2.45) is 0 Å². The molecule has 82 valence electrons. The van der Waals surface area contributed by atoms with Gasteiger partial charge in [0.05, 0.1) is 11.7 Å². The van der Waals surface area contributed by atoms with Crippen LogP contribution in [0.5, 0.6) is 0 Å². The van der Waals surface area contributed by atoms with E-state index in [-0.39, 0.29) is 11.9 Å². The minimum atomic E-state index is -0.839. The van der Waals surface area contributed by atoms with E-state index in [0.29, 0.717) is 19.4 Å². The fourth-order valence-electron chi connectivity index (χ4n) is 2.00. The van der Waals surface area contributed by atoms with E-state index < -0.39 is 5.60 Å². The lowest BCUT2D eigenvalue weighted by Gasteiger charge is -2.25. The predicted molar refractivity (Wildman–Crippen MR) is 55.1 cm³/mol. The topological polar surface area (TPSA) is 29.5 Å². The van der Waals surface area contributed by atoms with Crippen molar-refractivity contribution in [3.8, 4) is 0 Å². The summed E-state index contributed by atoms with van der Waals surface area (Å²) < 4.78 is 18.3. The van der Waals surface area contributed by atoms with Crippen LogP contribution >= 0.6 is 0 Å². The van der Waals surface area contributed by atoms with Crippen molar-refractivity contribution < 1.29 is 14.2 Å². The normalized spacial score (nSPS) is 30.7. The third-order valence-corrected chi connectivity index (χ3v) is 3.06. The second-order valence-electron chi connectivity index (χ2n) is 4.17. The van der Waals surface area contributed by atoms with Crippen LogP contribution in [0.2, 0.25) is 0 Å². The molecular weight excluding hydrogens is 195 g/mol. The number of aliphatic hydroxyl groups is 1. The van der Waals surface area contributed by atoms with Gasteiger partial charge in [-0.25, -0.2) is 4.39 Å². The van der Waals surface area contributed by atoms with Crippen LogP contribution in [0.1, 0.15) is 18.9 Å². The molecule has 0 radical (unpaired) electrons. The first-order valence-corrected chi connectivity index (χ1v) is 5.19. The molecule has 1 aromatic carbocycles. The zero-order valence-electron chi connectivity index (χ0n) is 8.74. The van der Waals surface area contributed by atoms with Gasteiger partial charge in [-0.1, -0.05) is 12.1 Å². The maximum atomic E-state index is 13.0. The van der Waals surface area contributed by atoms with Crippen molar-refractivity contribution in [3.05, 3.63) is 35.6 Å². The molecule has 0 aromatic heterocycles. The summed E-state index contributed by atoms with van der Waals surface area (Å²) in [6.45, 7) is 2.43. The van der Waals surface area contributed by atoms with Crippen molar-refractivity contribution in [2.45, 2.75) is 31.5 Å². The average molecular weight is 210 g/mol.